The van der Waals surface area contributed by atoms with E-state index in [0.717, 1.165) is 71.4 Å². The summed E-state index contributed by atoms with van der Waals surface area (Å²) in [4.78, 5) is 17.1. The molecular weight excluding hydrogens is 252 g/mol. The molecule has 1 heterocycles. The second-order valence-electron chi connectivity index (χ2n) is 6.45. The molecule has 1 saturated carbocycles. The second-order valence-corrected chi connectivity index (χ2v) is 6.45. The van der Waals surface area contributed by atoms with E-state index in [1.807, 2.05) is 0 Å². The average Bonchev–Trinajstić information content (AvgIpc) is 2.95. The first-order chi connectivity index (χ1) is 9.66. The maximum absolute atomic E-state index is 12.3. The van der Waals surface area contributed by atoms with Crippen LogP contribution in [0, 0.1) is 5.41 Å². The zero-order chi connectivity index (χ0) is 14.4. The fourth-order valence-corrected chi connectivity index (χ4v) is 3.34. The molecule has 0 aromatic rings. The topological polar surface area (TPSA) is 61.6 Å². The fourth-order valence-electron chi connectivity index (χ4n) is 3.34. The summed E-state index contributed by atoms with van der Waals surface area (Å²) in [6, 6.07) is 0. The first kappa shape index (κ1) is 15.7. The van der Waals surface area contributed by atoms with Crippen molar-refractivity contribution in [3.05, 3.63) is 0 Å². The monoisotopic (exact) mass is 282 g/mol. The van der Waals surface area contributed by atoms with E-state index in [9.17, 15) is 4.79 Å². The van der Waals surface area contributed by atoms with Crippen LogP contribution in [-0.4, -0.2) is 68.6 Å². The van der Waals surface area contributed by atoms with E-state index in [2.05, 4.69) is 22.2 Å². The van der Waals surface area contributed by atoms with Gasteiger partial charge in [-0.2, -0.15) is 0 Å². The van der Waals surface area contributed by atoms with Gasteiger partial charge in [0.2, 0.25) is 5.91 Å². The zero-order valence-electron chi connectivity index (χ0n) is 12.9. The highest BCUT2D eigenvalue weighted by Gasteiger charge is 2.39. The zero-order valence-corrected chi connectivity index (χ0v) is 12.9. The smallest absolute Gasteiger partial charge is 0.227 e. The van der Waals surface area contributed by atoms with Crippen LogP contribution in [0.4, 0.5) is 0 Å². The van der Waals surface area contributed by atoms with Crippen molar-refractivity contribution < 1.29 is 4.79 Å². The third kappa shape index (κ3) is 3.93. The van der Waals surface area contributed by atoms with Gasteiger partial charge in [-0.3, -0.25) is 4.79 Å². The summed E-state index contributed by atoms with van der Waals surface area (Å²) in [6.45, 7) is 6.98. The second kappa shape index (κ2) is 7.38. The summed E-state index contributed by atoms with van der Waals surface area (Å²) in [7, 11) is 2.17. The van der Waals surface area contributed by atoms with Crippen LogP contribution in [0.2, 0.25) is 0 Å². The standard InChI is InChI=1S/C15H30N4O/c1-18-9-11-19(12-10-18)8-4-7-17-14(20)15(13-16)5-2-3-6-15/h2-13,16H2,1H3,(H,17,20). The van der Waals surface area contributed by atoms with Crippen molar-refractivity contribution in [3.8, 4) is 0 Å². The maximum Gasteiger partial charge on any atom is 0.227 e. The Hall–Kier alpha value is -0.650. The number of nitrogens with one attached hydrogen (secondary N) is 1. The molecule has 0 spiro atoms. The van der Waals surface area contributed by atoms with Gasteiger partial charge in [-0.1, -0.05) is 12.8 Å². The average molecular weight is 282 g/mol. The van der Waals surface area contributed by atoms with Gasteiger partial charge in [0.15, 0.2) is 0 Å². The Balaban J connectivity index is 1.62. The molecule has 1 amide bonds. The number of piperazine rings is 1. The largest absolute Gasteiger partial charge is 0.356 e. The Kier molecular flexibility index (Phi) is 5.81. The number of carbonyl (C=O) groups excluding carboxylic acids is 1. The van der Waals surface area contributed by atoms with Crippen molar-refractivity contribution >= 4 is 5.91 Å². The lowest BCUT2D eigenvalue weighted by atomic mass is 9.85. The molecule has 20 heavy (non-hydrogen) atoms. The summed E-state index contributed by atoms with van der Waals surface area (Å²) in [6.07, 6.45) is 5.26. The number of hydrogen-bond donors (Lipinski definition) is 2. The molecule has 1 aliphatic heterocycles. The van der Waals surface area contributed by atoms with Gasteiger partial charge in [0.05, 0.1) is 5.41 Å². The maximum atomic E-state index is 12.3. The molecule has 1 aliphatic carbocycles. The first-order valence-corrected chi connectivity index (χ1v) is 8.05. The van der Waals surface area contributed by atoms with Crippen molar-refractivity contribution in [3.63, 3.8) is 0 Å². The number of amides is 1. The lowest BCUT2D eigenvalue weighted by molar-refractivity contribution is -0.130. The molecule has 116 valence electrons. The Morgan fingerprint density at radius 2 is 1.85 bits per heavy atom. The van der Waals surface area contributed by atoms with Gasteiger partial charge >= 0.3 is 0 Å². The Labute approximate surface area is 122 Å². The molecular formula is C15H30N4O. The van der Waals surface area contributed by atoms with Crippen molar-refractivity contribution in [1.29, 1.82) is 0 Å². The van der Waals surface area contributed by atoms with E-state index in [1.165, 1.54) is 0 Å². The van der Waals surface area contributed by atoms with E-state index >= 15 is 0 Å². The normalized spacial score (nSPS) is 23.9. The third-order valence-electron chi connectivity index (χ3n) is 4.97. The highest BCUT2D eigenvalue weighted by Crippen LogP contribution is 2.37. The van der Waals surface area contributed by atoms with Crippen molar-refractivity contribution in [2.45, 2.75) is 32.1 Å². The molecule has 2 aliphatic rings. The van der Waals surface area contributed by atoms with Gasteiger partial charge in [0.1, 0.15) is 0 Å². The van der Waals surface area contributed by atoms with E-state index in [-0.39, 0.29) is 11.3 Å². The molecule has 2 rings (SSSR count). The number of likely N-dealkylation sites (N-methyl/N-ethyl adjacent to an activating group) is 1. The number of hydrogen-bond acceptors (Lipinski definition) is 4. The molecule has 0 unspecified atom stereocenters. The van der Waals surface area contributed by atoms with Gasteiger partial charge in [-0.25, -0.2) is 0 Å². The van der Waals surface area contributed by atoms with Crippen LogP contribution in [0.25, 0.3) is 0 Å². The summed E-state index contributed by atoms with van der Waals surface area (Å²) in [5.74, 6) is 0.191. The highest BCUT2D eigenvalue weighted by molar-refractivity contribution is 5.83. The molecule has 0 radical (unpaired) electrons. The molecule has 5 heteroatoms. The summed E-state index contributed by atoms with van der Waals surface area (Å²) >= 11 is 0. The van der Waals surface area contributed by atoms with E-state index in [1.54, 1.807) is 0 Å². The van der Waals surface area contributed by atoms with Crippen LogP contribution in [0.1, 0.15) is 32.1 Å². The minimum atomic E-state index is -0.256. The summed E-state index contributed by atoms with van der Waals surface area (Å²) in [5.41, 5.74) is 5.57. The van der Waals surface area contributed by atoms with E-state index < -0.39 is 0 Å². The van der Waals surface area contributed by atoms with Gasteiger partial charge < -0.3 is 20.9 Å². The SMILES string of the molecule is CN1CCN(CCCNC(=O)C2(CN)CCCC2)CC1. The van der Waals surface area contributed by atoms with Gasteiger partial charge in [-0.15, -0.1) is 0 Å². The molecule has 0 bridgehead atoms. The summed E-state index contributed by atoms with van der Waals surface area (Å²) in [5, 5.41) is 3.11. The lowest BCUT2D eigenvalue weighted by Crippen LogP contribution is -2.46. The van der Waals surface area contributed by atoms with E-state index in [0.29, 0.717) is 6.54 Å². The molecule has 0 aromatic heterocycles. The van der Waals surface area contributed by atoms with Crippen LogP contribution >= 0.6 is 0 Å². The van der Waals surface area contributed by atoms with Gasteiger partial charge in [0.25, 0.3) is 0 Å². The fraction of sp³-hybridized carbons (Fsp3) is 0.933. The molecule has 1 saturated heterocycles. The van der Waals surface area contributed by atoms with E-state index in [4.69, 9.17) is 5.73 Å². The molecule has 2 fully saturated rings. The van der Waals surface area contributed by atoms with Crippen LogP contribution in [0.5, 0.6) is 0 Å². The first-order valence-electron chi connectivity index (χ1n) is 8.05. The molecule has 0 aromatic carbocycles. The number of rotatable bonds is 6. The minimum Gasteiger partial charge on any atom is -0.356 e. The predicted octanol–water partition coefficient (Wildman–Crippen LogP) is 0.259. The lowest BCUT2D eigenvalue weighted by Gasteiger charge is -2.32. The quantitative estimate of drug-likeness (QED) is 0.686. The minimum absolute atomic E-state index is 0.191. The number of nitrogens with zero attached hydrogens (tertiary/aromatic N) is 2. The van der Waals surface area contributed by atoms with Crippen molar-refractivity contribution in [2.24, 2.45) is 11.1 Å². The van der Waals surface area contributed by atoms with Crippen LogP contribution in [0.15, 0.2) is 0 Å². The van der Waals surface area contributed by atoms with Crippen LogP contribution < -0.4 is 11.1 Å². The Morgan fingerprint density at radius 3 is 2.45 bits per heavy atom. The highest BCUT2D eigenvalue weighted by atomic mass is 16.2. The molecule has 5 nitrogen and oxygen atoms in total. The molecule has 3 N–H and O–H groups in total. The Bertz CT molecular complexity index is 307. The van der Waals surface area contributed by atoms with Gasteiger partial charge in [-0.05, 0) is 32.9 Å². The third-order valence-corrected chi connectivity index (χ3v) is 4.97. The van der Waals surface area contributed by atoms with Crippen molar-refractivity contribution in [2.75, 3.05) is 52.9 Å². The van der Waals surface area contributed by atoms with Gasteiger partial charge in [0, 0.05) is 39.3 Å². The predicted molar refractivity (Wildman–Crippen MR) is 81.5 cm³/mol. The van der Waals surface area contributed by atoms with Crippen LogP contribution in [0.3, 0.4) is 0 Å². The number of carbonyl (C=O) groups is 1. The van der Waals surface area contributed by atoms with Crippen molar-refractivity contribution in [1.82, 2.24) is 15.1 Å². The Morgan fingerprint density at radius 1 is 1.20 bits per heavy atom. The van der Waals surface area contributed by atoms with Crippen LogP contribution in [-0.2, 0) is 4.79 Å². The molecule has 0 atom stereocenters. The summed E-state index contributed by atoms with van der Waals surface area (Å²) < 4.78 is 0. The number of nitrogens with two attached hydrogens (primary N) is 1.